The van der Waals surface area contributed by atoms with Crippen LogP contribution in [0.2, 0.25) is 0 Å². The summed E-state index contributed by atoms with van der Waals surface area (Å²) in [6.45, 7) is 0.838. The van der Waals surface area contributed by atoms with Crippen molar-refractivity contribution in [2.75, 3.05) is 6.54 Å². The number of aliphatic carboxylic acids is 2. The molecule has 11 heteroatoms. The molecule has 2 heterocycles. The second kappa shape index (κ2) is 12.8. The molecular weight excluding hydrogens is 468 g/mol. The standard InChI is InChI=1S/C21H22N4O2.C4H4O4.H2O/c22-9-8-16-12-23-18-7-6-15(10-17(16)18)13-25-20(26)19(24-21(25)27)11-14-4-2-1-3-5-14;5-3(6)1-2-4(7)8;/h1-7,10,12,19,23H,8-9,11,13,22H2,(H,24,27);1-2H,(H,5,6)(H,7,8);1H2/b;2-1-;. The largest absolute Gasteiger partial charge is 0.478 e. The summed E-state index contributed by atoms with van der Waals surface area (Å²) in [5.41, 5.74) is 9.80. The molecule has 1 aliphatic rings. The van der Waals surface area contributed by atoms with Crippen molar-refractivity contribution >= 4 is 34.8 Å². The lowest BCUT2D eigenvalue weighted by Gasteiger charge is -2.13. The number of rotatable bonds is 8. The fourth-order valence-corrected chi connectivity index (χ4v) is 3.73. The smallest absolute Gasteiger partial charge is 0.328 e. The van der Waals surface area contributed by atoms with Gasteiger partial charge in [0, 0.05) is 35.7 Å². The van der Waals surface area contributed by atoms with E-state index in [2.05, 4.69) is 10.3 Å². The van der Waals surface area contributed by atoms with Crippen LogP contribution in [0.15, 0.2) is 66.9 Å². The van der Waals surface area contributed by atoms with Crippen LogP contribution in [0.4, 0.5) is 4.79 Å². The van der Waals surface area contributed by atoms with E-state index in [9.17, 15) is 19.2 Å². The molecule has 0 aliphatic carbocycles. The Hall–Kier alpha value is -4.48. The Morgan fingerprint density at radius 1 is 1.00 bits per heavy atom. The zero-order valence-corrected chi connectivity index (χ0v) is 19.3. The number of hydrogen-bond donors (Lipinski definition) is 5. The molecule has 190 valence electrons. The summed E-state index contributed by atoms with van der Waals surface area (Å²) in [6.07, 6.45) is 4.36. The highest BCUT2D eigenvalue weighted by molar-refractivity contribution is 6.04. The number of aromatic nitrogens is 1. The van der Waals surface area contributed by atoms with Gasteiger partial charge in [0.1, 0.15) is 6.04 Å². The number of hydrogen-bond acceptors (Lipinski definition) is 5. The molecule has 1 aliphatic heterocycles. The molecule has 0 radical (unpaired) electrons. The van der Waals surface area contributed by atoms with E-state index in [1.807, 2.05) is 54.7 Å². The number of carbonyl (C=O) groups excluding carboxylic acids is 2. The van der Waals surface area contributed by atoms with Crippen molar-refractivity contribution in [3.05, 3.63) is 83.6 Å². The number of nitrogens with zero attached hydrogens (tertiary/aromatic N) is 1. The predicted octanol–water partition coefficient (Wildman–Crippen LogP) is 1.22. The number of carbonyl (C=O) groups is 4. The number of carboxylic acid groups (broad SMARTS) is 2. The first-order valence-corrected chi connectivity index (χ1v) is 10.9. The zero-order chi connectivity index (χ0) is 25.4. The number of aromatic amines is 1. The number of nitrogens with two attached hydrogens (primary N) is 1. The Labute approximate surface area is 206 Å². The van der Waals surface area contributed by atoms with Gasteiger partial charge in [-0.15, -0.1) is 0 Å². The minimum Gasteiger partial charge on any atom is -0.478 e. The number of amides is 3. The van der Waals surface area contributed by atoms with Gasteiger partial charge in [0.15, 0.2) is 0 Å². The molecule has 11 nitrogen and oxygen atoms in total. The van der Waals surface area contributed by atoms with Gasteiger partial charge in [-0.25, -0.2) is 14.4 Å². The van der Waals surface area contributed by atoms with Crippen LogP contribution in [-0.2, 0) is 33.8 Å². The lowest BCUT2D eigenvalue weighted by Crippen LogP contribution is -2.32. The average Bonchev–Trinajstić information content (AvgIpc) is 3.34. The maximum Gasteiger partial charge on any atom is 0.328 e. The summed E-state index contributed by atoms with van der Waals surface area (Å²) < 4.78 is 0. The molecule has 36 heavy (non-hydrogen) atoms. The topological polar surface area (TPSA) is 197 Å². The molecule has 2 aromatic carbocycles. The molecular formula is C25H28N4O7. The van der Waals surface area contributed by atoms with Gasteiger partial charge in [0.2, 0.25) is 0 Å². The molecule has 1 atom stereocenters. The average molecular weight is 497 g/mol. The molecule has 0 bridgehead atoms. The molecule has 8 N–H and O–H groups in total. The summed E-state index contributed by atoms with van der Waals surface area (Å²) in [5.74, 6) is -2.69. The fourth-order valence-electron chi connectivity index (χ4n) is 3.73. The number of fused-ring (bicyclic) bond motifs is 1. The summed E-state index contributed by atoms with van der Waals surface area (Å²) >= 11 is 0. The Morgan fingerprint density at radius 2 is 1.67 bits per heavy atom. The van der Waals surface area contributed by atoms with Crippen LogP contribution in [-0.4, -0.2) is 62.0 Å². The SMILES string of the molecule is NCCc1c[nH]c2ccc(CN3C(=O)NC(Cc4ccccc4)C3=O)cc12.O.O=C(O)/C=C\C(=O)O. The highest BCUT2D eigenvalue weighted by Crippen LogP contribution is 2.22. The van der Waals surface area contributed by atoms with Crippen molar-refractivity contribution in [3.63, 3.8) is 0 Å². The third-order valence-electron chi connectivity index (χ3n) is 5.34. The lowest BCUT2D eigenvalue weighted by atomic mass is 10.1. The van der Waals surface area contributed by atoms with Crippen molar-refractivity contribution in [3.8, 4) is 0 Å². The number of nitrogens with one attached hydrogen (secondary N) is 2. The molecule has 1 unspecified atom stereocenters. The van der Waals surface area contributed by atoms with E-state index in [-0.39, 0.29) is 24.0 Å². The van der Waals surface area contributed by atoms with Gasteiger partial charge in [-0.2, -0.15) is 0 Å². The summed E-state index contributed by atoms with van der Waals surface area (Å²) in [5, 5.41) is 19.5. The predicted molar refractivity (Wildman–Crippen MR) is 132 cm³/mol. The van der Waals surface area contributed by atoms with Crippen LogP contribution in [0.1, 0.15) is 16.7 Å². The lowest BCUT2D eigenvalue weighted by molar-refractivity contribution is -0.134. The maximum absolute atomic E-state index is 12.7. The van der Waals surface area contributed by atoms with Gasteiger partial charge < -0.3 is 31.7 Å². The molecule has 3 amide bonds. The van der Waals surface area contributed by atoms with Gasteiger partial charge in [-0.1, -0.05) is 36.4 Å². The Kier molecular flexibility index (Phi) is 9.90. The number of imide groups is 1. The minimum atomic E-state index is -1.26. The van der Waals surface area contributed by atoms with Crippen LogP contribution >= 0.6 is 0 Å². The van der Waals surface area contributed by atoms with Crippen molar-refractivity contribution < 1.29 is 34.9 Å². The van der Waals surface area contributed by atoms with E-state index >= 15 is 0 Å². The van der Waals surface area contributed by atoms with Crippen LogP contribution in [0.5, 0.6) is 0 Å². The van der Waals surface area contributed by atoms with Crippen molar-refractivity contribution in [2.45, 2.75) is 25.4 Å². The second-order valence-electron chi connectivity index (χ2n) is 7.86. The van der Waals surface area contributed by atoms with Crippen LogP contribution < -0.4 is 11.1 Å². The first kappa shape index (κ1) is 27.8. The maximum atomic E-state index is 12.7. The molecule has 0 saturated carbocycles. The Morgan fingerprint density at radius 3 is 2.28 bits per heavy atom. The summed E-state index contributed by atoms with van der Waals surface area (Å²) in [4.78, 5) is 48.7. The summed E-state index contributed by atoms with van der Waals surface area (Å²) in [7, 11) is 0. The van der Waals surface area contributed by atoms with E-state index in [4.69, 9.17) is 15.9 Å². The molecule has 3 aromatic rings. The van der Waals surface area contributed by atoms with Crippen molar-refractivity contribution in [1.82, 2.24) is 15.2 Å². The fraction of sp³-hybridized carbons (Fsp3) is 0.200. The zero-order valence-electron chi connectivity index (χ0n) is 19.3. The first-order chi connectivity index (χ1) is 16.8. The number of H-pyrrole nitrogens is 1. The molecule has 1 saturated heterocycles. The van der Waals surface area contributed by atoms with Gasteiger partial charge in [0.25, 0.3) is 5.91 Å². The van der Waals surface area contributed by atoms with Crippen LogP contribution in [0.25, 0.3) is 10.9 Å². The quantitative estimate of drug-likeness (QED) is 0.228. The third kappa shape index (κ3) is 7.26. The van der Waals surface area contributed by atoms with Crippen molar-refractivity contribution in [2.24, 2.45) is 5.73 Å². The molecule has 1 aromatic heterocycles. The van der Waals surface area contributed by atoms with E-state index < -0.39 is 18.0 Å². The van der Waals surface area contributed by atoms with Crippen LogP contribution in [0.3, 0.4) is 0 Å². The highest BCUT2D eigenvalue weighted by Gasteiger charge is 2.37. The highest BCUT2D eigenvalue weighted by atomic mass is 16.4. The number of urea groups is 1. The van der Waals surface area contributed by atoms with Gasteiger partial charge in [-0.3, -0.25) is 9.69 Å². The Bertz CT molecular complexity index is 1240. The van der Waals surface area contributed by atoms with Gasteiger partial charge >= 0.3 is 18.0 Å². The Balaban J connectivity index is 0.000000442. The van der Waals surface area contributed by atoms with E-state index in [1.54, 1.807) is 0 Å². The summed E-state index contributed by atoms with van der Waals surface area (Å²) in [6, 6.07) is 14.8. The normalized spacial score (nSPS) is 14.8. The van der Waals surface area contributed by atoms with Crippen molar-refractivity contribution in [1.29, 1.82) is 0 Å². The second-order valence-corrected chi connectivity index (χ2v) is 7.86. The monoisotopic (exact) mass is 496 g/mol. The first-order valence-electron chi connectivity index (χ1n) is 10.9. The van der Waals surface area contributed by atoms with E-state index in [0.29, 0.717) is 25.1 Å². The number of benzene rings is 2. The third-order valence-corrected chi connectivity index (χ3v) is 5.34. The molecule has 4 rings (SSSR count). The molecule has 1 fully saturated rings. The van der Waals surface area contributed by atoms with E-state index in [1.165, 1.54) is 4.90 Å². The van der Waals surface area contributed by atoms with E-state index in [0.717, 1.165) is 34.0 Å². The number of carboxylic acids is 2. The van der Waals surface area contributed by atoms with Crippen LogP contribution in [0, 0.1) is 0 Å². The minimum absolute atomic E-state index is 0. The van der Waals surface area contributed by atoms with Gasteiger partial charge in [-0.05, 0) is 41.8 Å². The molecule has 0 spiro atoms. The van der Waals surface area contributed by atoms with Gasteiger partial charge in [0.05, 0.1) is 6.54 Å².